The van der Waals surface area contributed by atoms with Crippen molar-refractivity contribution < 1.29 is 13.5 Å². The number of methoxy groups -OCH3 is 1. The van der Waals surface area contributed by atoms with Gasteiger partial charge in [-0.25, -0.2) is 8.78 Å². The number of ether oxygens (including phenoxy) is 1. The Balaban J connectivity index is 2.69. The molecule has 0 fully saturated rings. The molecule has 4 heteroatoms. The van der Waals surface area contributed by atoms with Crippen LogP contribution in [0.25, 0.3) is 0 Å². The number of hydrogen-bond donors (Lipinski definition) is 1. The molecule has 0 spiro atoms. The van der Waals surface area contributed by atoms with E-state index >= 15 is 0 Å². The van der Waals surface area contributed by atoms with Crippen molar-refractivity contribution in [2.45, 2.75) is 32.7 Å². The van der Waals surface area contributed by atoms with Crippen molar-refractivity contribution in [3.8, 4) is 0 Å². The van der Waals surface area contributed by atoms with E-state index in [2.05, 4.69) is 12.2 Å². The summed E-state index contributed by atoms with van der Waals surface area (Å²) in [6.07, 6.45) is 1.36. The normalized spacial score (nSPS) is 14.4. The van der Waals surface area contributed by atoms with Crippen molar-refractivity contribution in [3.63, 3.8) is 0 Å². The van der Waals surface area contributed by atoms with E-state index in [-0.39, 0.29) is 11.9 Å². The van der Waals surface area contributed by atoms with E-state index in [4.69, 9.17) is 4.74 Å². The van der Waals surface area contributed by atoms with Crippen LogP contribution >= 0.6 is 0 Å². The van der Waals surface area contributed by atoms with Crippen LogP contribution in [0, 0.1) is 17.6 Å². The predicted molar refractivity (Wildman–Crippen MR) is 73.2 cm³/mol. The Kier molecular flexibility index (Phi) is 6.95. The Morgan fingerprint density at radius 2 is 2.05 bits per heavy atom. The maximum absolute atomic E-state index is 13.6. The first-order valence-electron chi connectivity index (χ1n) is 6.73. The fourth-order valence-electron chi connectivity index (χ4n) is 2.33. The van der Waals surface area contributed by atoms with E-state index in [0.29, 0.717) is 24.5 Å². The van der Waals surface area contributed by atoms with Crippen LogP contribution in [0.5, 0.6) is 0 Å². The van der Waals surface area contributed by atoms with Gasteiger partial charge in [0.2, 0.25) is 0 Å². The summed E-state index contributed by atoms with van der Waals surface area (Å²) in [6.45, 7) is 5.58. The van der Waals surface area contributed by atoms with E-state index in [1.807, 2.05) is 6.92 Å². The predicted octanol–water partition coefficient (Wildman–Crippen LogP) is 3.16. The summed E-state index contributed by atoms with van der Waals surface area (Å²) >= 11 is 0. The van der Waals surface area contributed by atoms with Crippen LogP contribution in [0.1, 0.15) is 25.8 Å². The molecule has 2 nitrogen and oxygen atoms in total. The van der Waals surface area contributed by atoms with Crippen molar-refractivity contribution in [2.24, 2.45) is 5.92 Å². The molecule has 1 aromatic rings. The first-order chi connectivity index (χ1) is 9.06. The maximum atomic E-state index is 13.6. The lowest BCUT2D eigenvalue weighted by molar-refractivity contribution is 0.149. The number of benzene rings is 1. The summed E-state index contributed by atoms with van der Waals surface area (Å²) in [5, 5.41) is 3.32. The number of likely N-dealkylation sites (N-methyl/N-ethyl adjacent to an activating group) is 1. The molecule has 0 amide bonds. The molecule has 0 aliphatic carbocycles. The number of halogens is 2. The second-order valence-electron chi connectivity index (χ2n) is 4.99. The van der Waals surface area contributed by atoms with Crippen LogP contribution in [-0.4, -0.2) is 26.3 Å². The van der Waals surface area contributed by atoms with Crippen LogP contribution in [0.3, 0.4) is 0 Å². The molecule has 0 bridgehead atoms. The largest absolute Gasteiger partial charge is 0.384 e. The van der Waals surface area contributed by atoms with E-state index in [9.17, 15) is 8.78 Å². The summed E-state index contributed by atoms with van der Waals surface area (Å²) in [6, 6.07) is 3.74. The molecule has 0 saturated heterocycles. The summed E-state index contributed by atoms with van der Waals surface area (Å²) < 4.78 is 31.9. The second-order valence-corrected chi connectivity index (χ2v) is 4.99. The Labute approximate surface area is 114 Å². The molecule has 1 N–H and O–H groups in total. The minimum Gasteiger partial charge on any atom is -0.384 e. The van der Waals surface area contributed by atoms with Gasteiger partial charge in [-0.2, -0.15) is 0 Å². The lowest BCUT2D eigenvalue weighted by Gasteiger charge is -2.22. The van der Waals surface area contributed by atoms with E-state index in [1.54, 1.807) is 7.11 Å². The molecule has 19 heavy (non-hydrogen) atoms. The van der Waals surface area contributed by atoms with Gasteiger partial charge in [-0.1, -0.05) is 13.8 Å². The van der Waals surface area contributed by atoms with E-state index in [0.717, 1.165) is 19.0 Å². The quantitative estimate of drug-likeness (QED) is 0.784. The molecule has 1 rings (SSSR count). The average Bonchev–Trinajstić information content (AvgIpc) is 2.34. The lowest BCUT2D eigenvalue weighted by Crippen LogP contribution is -2.33. The molecule has 108 valence electrons. The van der Waals surface area contributed by atoms with E-state index in [1.165, 1.54) is 12.1 Å². The van der Waals surface area contributed by atoms with Gasteiger partial charge in [-0.3, -0.25) is 0 Å². The molecule has 0 saturated carbocycles. The smallest absolute Gasteiger partial charge is 0.126 e. The molecule has 2 atom stereocenters. The standard InChI is InChI=1S/C15H23F2NO/c1-4-18-14(7-11(2)10-19-3)9-12-8-13(16)5-6-15(12)17/h5-6,8,11,14,18H,4,7,9-10H2,1-3H3. The lowest BCUT2D eigenvalue weighted by atomic mass is 9.96. The zero-order valence-corrected chi connectivity index (χ0v) is 11.9. The van der Waals surface area contributed by atoms with Crippen LogP contribution < -0.4 is 5.32 Å². The molecule has 0 heterocycles. The van der Waals surface area contributed by atoms with Crippen LogP contribution in [0.2, 0.25) is 0 Å². The second kappa shape index (κ2) is 8.23. The van der Waals surface area contributed by atoms with Crippen molar-refractivity contribution in [3.05, 3.63) is 35.4 Å². The Morgan fingerprint density at radius 3 is 2.68 bits per heavy atom. The zero-order valence-electron chi connectivity index (χ0n) is 11.9. The fraction of sp³-hybridized carbons (Fsp3) is 0.600. The third-order valence-electron chi connectivity index (χ3n) is 3.10. The van der Waals surface area contributed by atoms with Gasteiger partial charge < -0.3 is 10.1 Å². The Bertz CT molecular complexity index is 384. The van der Waals surface area contributed by atoms with Gasteiger partial charge in [-0.15, -0.1) is 0 Å². The van der Waals surface area contributed by atoms with Gasteiger partial charge in [0.25, 0.3) is 0 Å². The van der Waals surface area contributed by atoms with Gasteiger partial charge in [0.15, 0.2) is 0 Å². The molecule has 0 radical (unpaired) electrons. The Morgan fingerprint density at radius 1 is 1.32 bits per heavy atom. The summed E-state index contributed by atoms with van der Waals surface area (Å²) in [4.78, 5) is 0. The monoisotopic (exact) mass is 271 g/mol. The molecular formula is C15H23F2NO. The zero-order chi connectivity index (χ0) is 14.3. The Hall–Kier alpha value is -1.00. The van der Waals surface area contributed by atoms with Crippen molar-refractivity contribution >= 4 is 0 Å². The SMILES string of the molecule is CCNC(Cc1cc(F)ccc1F)CC(C)COC. The van der Waals surface area contributed by atoms with Crippen molar-refractivity contribution in [2.75, 3.05) is 20.3 Å². The van der Waals surface area contributed by atoms with Crippen LogP contribution in [0.4, 0.5) is 8.78 Å². The summed E-state index contributed by atoms with van der Waals surface area (Å²) in [5.41, 5.74) is 0.426. The maximum Gasteiger partial charge on any atom is 0.126 e. The topological polar surface area (TPSA) is 21.3 Å². The molecule has 0 aromatic heterocycles. The molecule has 2 unspecified atom stereocenters. The minimum absolute atomic E-state index is 0.131. The summed E-state index contributed by atoms with van der Waals surface area (Å²) in [5.74, 6) is -0.356. The molecular weight excluding hydrogens is 248 g/mol. The number of hydrogen-bond acceptors (Lipinski definition) is 2. The highest BCUT2D eigenvalue weighted by atomic mass is 19.1. The number of rotatable bonds is 8. The highest BCUT2D eigenvalue weighted by Crippen LogP contribution is 2.16. The minimum atomic E-state index is -0.392. The molecule has 1 aromatic carbocycles. The van der Waals surface area contributed by atoms with Gasteiger partial charge in [0.05, 0.1) is 0 Å². The highest BCUT2D eigenvalue weighted by molar-refractivity contribution is 5.19. The third-order valence-corrected chi connectivity index (χ3v) is 3.10. The first kappa shape index (κ1) is 16.1. The van der Waals surface area contributed by atoms with Gasteiger partial charge in [0, 0.05) is 19.8 Å². The van der Waals surface area contributed by atoms with Crippen LogP contribution in [0.15, 0.2) is 18.2 Å². The number of nitrogens with one attached hydrogen (secondary N) is 1. The van der Waals surface area contributed by atoms with E-state index < -0.39 is 5.82 Å². The van der Waals surface area contributed by atoms with Gasteiger partial charge in [-0.05, 0) is 49.1 Å². The van der Waals surface area contributed by atoms with Crippen LogP contribution in [-0.2, 0) is 11.2 Å². The fourth-order valence-corrected chi connectivity index (χ4v) is 2.33. The third kappa shape index (κ3) is 5.66. The molecule has 0 aliphatic rings. The average molecular weight is 271 g/mol. The van der Waals surface area contributed by atoms with Gasteiger partial charge >= 0.3 is 0 Å². The first-order valence-corrected chi connectivity index (χ1v) is 6.73. The van der Waals surface area contributed by atoms with Gasteiger partial charge in [0.1, 0.15) is 11.6 Å². The molecule has 0 aliphatic heterocycles. The van der Waals surface area contributed by atoms with Crippen molar-refractivity contribution in [1.29, 1.82) is 0 Å². The van der Waals surface area contributed by atoms with Crippen molar-refractivity contribution in [1.82, 2.24) is 5.32 Å². The summed E-state index contributed by atoms with van der Waals surface area (Å²) in [7, 11) is 1.67. The highest BCUT2D eigenvalue weighted by Gasteiger charge is 2.15.